The molecule has 0 atom stereocenters. The van der Waals surface area contributed by atoms with Crippen LogP contribution in [-0.2, 0) is 40.8 Å². The van der Waals surface area contributed by atoms with Crippen molar-refractivity contribution in [2.45, 2.75) is 0 Å². The van der Waals surface area contributed by atoms with E-state index in [4.69, 9.17) is 46.4 Å². The minimum Gasteiger partial charge on any atom is -0.791 e. The number of benzene rings is 2. The van der Waals surface area contributed by atoms with Crippen molar-refractivity contribution in [2.75, 3.05) is 0 Å². The molecule has 0 amide bonds. The van der Waals surface area contributed by atoms with Crippen LogP contribution in [-0.4, -0.2) is 11.4 Å². The van der Waals surface area contributed by atoms with Gasteiger partial charge in [0.25, 0.3) is 0 Å². The van der Waals surface area contributed by atoms with Crippen molar-refractivity contribution in [3.63, 3.8) is 0 Å². The molecule has 0 unspecified atom stereocenters. The molecule has 2 radical (unpaired) electrons. The Morgan fingerprint density at radius 1 is 0.553 bits per heavy atom. The molecule has 202 valence electrons. The summed E-state index contributed by atoms with van der Waals surface area (Å²) in [6.07, 6.45) is 9.97. The Morgan fingerprint density at radius 3 is 1.11 bits per heavy atom. The molecule has 4 rings (SSSR count). The summed E-state index contributed by atoms with van der Waals surface area (Å²) in [5.74, 6) is 0. The molecule has 0 aromatic heterocycles. The van der Waals surface area contributed by atoms with Gasteiger partial charge in [-0.25, -0.2) is 0 Å². The van der Waals surface area contributed by atoms with E-state index in [1.165, 1.54) is 0 Å². The minimum atomic E-state index is 0. The SMILES string of the molecule is Cl.Cl.[O-]/N=C(\C1=C=C[C](Cl)C=C1)c1ccc(Cl)cc1.[O-]/N=C(\C1=C=C[C](Cl)C=C1)c1ccc(Cl)cc1.[Pd+2].[Pd+2]. The molecule has 0 spiro atoms. The topological polar surface area (TPSA) is 70.8 Å². The van der Waals surface area contributed by atoms with E-state index in [2.05, 4.69) is 21.8 Å². The first kappa shape index (κ1) is 39.1. The fourth-order valence-electron chi connectivity index (χ4n) is 2.84. The number of allylic oxidation sites excluding steroid dienone is 6. The Hall–Kier alpha value is -1.04. The zero-order valence-electron chi connectivity index (χ0n) is 18.8. The van der Waals surface area contributed by atoms with Gasteiger partial charge in [-0.15, -0.1) is 59.5 Å². The number of hydrogen-bond acceptors (Lipinski definition) is 4. The van der Waals surface area contributed by atoms with Crippen molar-refractivity contribution in [3.05, 3.63) is 150 Å². The third-order valence-corrected chi connectivity index (χ3v) is 5.45. The number of nitrogens with zero attached hydrogens (tertiary/aromatic N) is 2. The van der Waals surface area contributed by atoms with Crippen molar-refractivity contribution < 1.29 is 40.8 Å². The molecule has 0 saturated heterocycles. The fraction of sp³-hybridized carbons (Fsp3) is 0. The van der Waals surface area contributed by atoms with Gasteiger partial charge in [0.2, 0.25) is 0 Å². The molecular weight excluding hydrogens is 798 g/mol. The summed E-state index contributed by atoms with van der Waals surface area (Å²) in [5, 5.41) is 30.2. The zero-order chi connectivity index (χ0) is 24.5. The molecule has 38 heavy (non-hydrogen) atoms. The molecule has 0 fully saturated rings. The van der Waals surface area contributed by atoms with E-state index in [9.17, 15) is 10.4 Å². The van der Waals surface area contributed by atoms with Gasteiger partial charge in [0.1, 0.15) is 10.8 Å². The maximum absolute atomic E-state index is 10.9. The predicted molar refractivity (Wildman–Crippen MR) is 157 cm³/mol. The van der Waals surface area contributed by atoms with Crippen LogP contribution in [0.4, 0.5) is 0 Å². The second-order valence-corrected chi connectivity index (χ2v) is 8.48. The van der Waals surface area contributed by atoms with Crippen molar-refractivity contribution in [1.82, 2.24) is 0 Å². The Bertz CT molecular complexity index is 1190. The summed E-state index contributed by atoms with van der Waals surface area (Å²) in [7, 11) is 0. The second-order valence-electron chi connectivity index (χ2n) is 6.73. The van der Waals surface area contributed by atoms with Crippen molar-refractivity contribution >= 4 is 82.6 Å². The Morgan fingerprint density at radius 2 is 0.868 bits per heavy atom. The summed E-state index contributed by atoms with van der Waals surface area (Å²) in [5.41, 5.74) is 9.05. The van der Waals surface area contributed by atoms with Crippen LogP contribution < -0.4 is 0 Å². The van der Waals surface area contributed by atoms with Crippen LogP contribution in [0.15, 0.2) is 118 Å². The van der Waals surface area contributed by atoms with Gasteiger partial charge in [0.05, 0.1) is 11.4 Å². The van der Waals surface area contributed by atoms with E-state index in [0.717, 1.165) is 0 Å². The van der Waals surface area contributed by atoms with Crippen molar-refractivity contribution in [2.24, 2.45) is 10.3 Å². The molecule has 2 aliphatic carbocycles. The molecule has 0 saturated carbocycles. The largest absolute Gasteiger partial charge is 2.00 e. The first-order chi connectivity index (χ1) is 16.4. The van der Waals surface area contributed by atoms with Gasteiger partial charge in [0, 0.05) is 32.3 Å². The summed E-state index contributed by atoms with van der Waals surface area (Å²) in [6, 6.07) is 13.8. The molecular formula is C26H16Cl6N2O2Pd2+2. The van der Waals surface area contributed by atoms with Gasteiger partial charge in [-0.1, -0.05) is 59.6 Å². The van der Waals surface area contributed by atoms with E-state index >= 15 is 0 Å². The third-order valence-electron chi connectivity index (χ3n) is 4.48. The van der Waals surface area contributed by atoms with Crippen LogP contribution in [0.2, 0.25) is 10.0 Å². The van der Waals surface area contributed by atoms with Crippen molar-refractivity contribution in [1.29, 1.82) is 0 Å². The van der Waals surface area contributed by atoms with E-state index in [0.29, 0.717) is 54.5 Å². The summed E-state index contributed by atoms with van der Waals surface area (Å²) in [4.78, 5) is 0. The predicted octanol–water partition coefficient (Wildman–Crippen LogP) is 8.94. The van der Waals surface area contributed by atoms with E-state index in [1.807, 2.05) is 0 Å². The monoisotopic (exact) mass is 810 g/mol. The van der Waals surface area contributed by atoms with Gasteiger partial charge in [0.15, 0.2) is 0 Å². The van der Waals surface area contributed by atoms with Crippen LogP contribution in [0.1, 0.15) is 11.1 Å². The van der Waals surface area contributed by atoms with Crippen molar-refractivity contribution in [3.8, 4) is 0 Å². The van der Waals surface area contributed by atoms with Gasteiger partial charge in [-0.05, 0) is 48.6 Å². The first-order valence-corrected chi connectivity index (χ1v) is 11.2. The molecule has 0 aliphatic heterocycles. The van der Waals surface area contributed by atoms with Gasteiger partial charge < -0.3 is 20.7 Å². The smallest absolute Gasteiger partial charge is 0.791 e. The normalized spacial score (nSPS) is 14.4. The van der Waals surface area contributed by atoms with Crippen LogP contribution in [0.25, 0.3) is 0 Å². The molecule has 2 aromatic rings. The Kier molecular flexibility index (Phi) is 20.5. The maximum Gasteiger partial charge on any atom is 2.00 e. The van der Waals surface area contributed by atoms with E-state index in [-0.39, 0.29) is 65.7 Å². The minimum absolute atomic E-state index is 0. The summed E-state index contributed by atoms with van der Waals surface area (Å²) >= 11 is 23.1. The third kappa shape index (κ3) is 11.6. The average molecular weight is 814 g/mol. The first-order valence-electron chi connectivity index (χ1n) is 9.69. The molecule has 0 heterocycles. The molecule has 4 nitrogen and oxygen atoms in total. The number of rotatable bonds is 4. The molecule has 2 aromatic carbocycles. The summed E-state index contributed by atoms with van der Waals surface area (Å²) < 4.78 is 0. The standard InChI is InChI=1S/2C13H8Cl2NO.2ClH.2Pd/c2*14-11-5-1-9(2-6-11)13(16-17)10-3-7-12(15)8-4-10;;;;/h2*1-3,5-8,17H;2*1H;;/q;;;;2*+2/p-2/b2*16-13-;;;;. The maximum atomic E-state index is 10.9. The zero-order valence-corrected chi connectivity index (χ0v) is 26.5. The quantitative estimate of drug-likeness (QED) is 0.134. The molecule has 0 N–H and O–H groups in total. The molecule has 0 bridgehead atoms. The summed E-state index contributed by atoms with van der Waals surface area (Å²) in [6.45, 7) is 0. The Labute approximate surface area is 281 Å². The van der Waals surface area contributed by atoms with Gasteiger partial charge in [-0.2, -0.15) is 0 Å². The van der Waals surface area contributed by atoms with Crippen LogP contribution in [0.5, 0.6) is 0 Å². The number of hydrogen-bond donors (Lipinski definition) is 0. The van der Waals surface area contributed by atoms with Gasteiger partial charge in [-0.3, -0.25) is 0 Å². The fourth-order valence-corrected chi connectivity index (χ4v) is 3.32. The van der Waals surface area contributed by atoms with Gasteiger partial charge >= 0.3 is 40.8 Å². The molecule has 2 aliphatic rings. The van der Waals surface area contributed by atoms with E-state index in [1.54, 1.807) is 85.0 Å². The second kappa shape index (κ2) is 19.9. The average Bonchev–Trinajstić information content (AvgIpc) is 2.85. The van der Waals surface area contributed by atoms with Crippen LogP contribution >= 0.6 is 71.2 Å². The van der Waals surface area contributed by atoms with E-state index < -0.39 is 0 Å². The van der Waals surface area contributed by atoms with Crippen LogP contribution in [0, 0.1) is 21.2 Å². The van der Waals surface area contributed by atoms with Crippen LogP contribution in [0.3, 0.4) is 0 Å². The Balaban J connectivity index is 0. The molecule has 12 heteroatoms. The number of halogens is 6.